The van der Waals surface area contributed by atoms with Gasteiger partial charge >= 0.3 is 0 Å². The van der Waals surface area contributed by atoms with Gasteiger partial charge in [-0.3, -0.25) is 0 Å². The molecule has 0 saturated carbocycles. The molecule has 2 rings (SSSR count). The fourth-order valence-electron chi connectivity index (χ4n) is 2.06. The van der Waals surface area contributed by atoms with E-state index in [2.05, 4.69) is 4.72 Å². The molecular weight excluding hydrogens is 270 g/mol. The minimum Gasteiger partial charge on any atom is -0.208 e. The molecule has 0 radical (unpaired) electrons. The number of hydrogen-bond acceptors (Lipinski definition) is 2. The van der Waals surface area contributed by atoms with Crippen molar-refractivity contribution < 1.29 is 8.42 Å². The Hall–Kier alpha value is -1.65. The van der Waals surface area contributed by atoms with E-state index in [0.29, 0.717) is 11.3 Å². The highest BCUT2D eigenvalue weighted by Crippen LogP contribution is 2.11. The molecule has 0 heterocycles. The van der Waals surface area contributed by atoms with Crippen molar-refractivity contribution in [1.82, 2.24) is 4.72 Å². The zero-order valence-corrected chi connectivity index (χ0v) is 12.5. The van der Waals surface area contributed by atoms with Crippen LogP contribution in [0.1, 0.15) is 18.1 Å². The van der Waals surface area contributed by atoms with Crippen molar-refractivity contribution in [3.05, 3.63) is 65.7 Å². The standard InChI is InChI=1S/C16H19NO2S/c1-13-8-10-16(11-9-13)20(18,19)17-14(2)12-15-6-4-3-5-7-15/h3-11,14,17H,12H2,1-2H3/t14-/m1/s1. The van der Waals surface area contributed by atoms with Crippen LogP contribution < -0.4 is 4.72 Å². The smallest absolute Gasteiger partial charge is 0.208 e. The summed E-state index contributed by atoms with van der Waals surface area (Å²) in [5, 5.41) is 0. The summed E-state index contributed by atoms with van der Waals surface area (Å²) < 4.78 is 27.2. The molecule has 0 aliphatic rings. The highest BCUT2D eigenvalue weighted by molar-refractivity contribution is 7.89. The van der Waals surface area contributed by atoms with Crippen LogP contribution in [0.15, 0.2) is 59.5 Å². The van der Waals surface area contributed by atoms with Gasteiger partial charge in [0.25, 0.3) is 0 Å². The van der Waals surface area contributed by atoms with E-state index in [1.165, 1.54) is 0 Å². The summed E-state index contributed by atoms with van der Waals surface area (Å²) in [4.78, 5) is 0.308. The Morgan fingerprint density at radius 1 is 1.00 bits per heavy atom. The Morgan fingerprint density at radius 3 is 2.20 bits per heavy atom. The van der Waals surface area contributed by atoms with E-state index in [1.54, 1.807) is 24.3 Å². The minimum atomic E-state index is -3.45. The van der Waals surface area contributed by atoms with Crippen molar-refractivity contribution in [1.29, 1.82) is 0 Å². The Balaban J connectivity index is 2.06. The molecule has 3 nitrogen and oxygen atoms in total. The number of nitrogens with one attached hydrogen (secondary N) is 1. The van der Waals surface area contributed by atoms with Gasteiger partial charge < -0.3 is 0 Å². The highest BCUT2D eigenvalue weighted by Gasteiger charge is 2.17. The maximum atomic E-state index is 12.2. The van der Waals surface area contributed by atoms with Gasteiger partial charge in [0.05, 0.1) is 4.90 Å². The van der Waals surface area contributed by atoms with E-state index in [1.807, 2.05) is 44.2 Å². The molecule has 0 aliphatic carbocycles. The summed E-state index contributed by atoms with van der Waals surface area (Å²) in [7, 11) is -3.45. The van der Waals surface area contributed by atoms with Crippen LogP contribution in [0.4, 0.5) is 0 Å². The van der Waals surface area contributed by atoms with Crippen LogP contribution in [0.5, 0.6) is 0 Å². The van der Waals surface area contributed by atoms with Crippen LogP contribution in [0.2, 0.25) is 0 Å². The van der Waals surface area contributed by atoms with Crippen molar-refractivity contribution in [2.75, 3.05) is 0 Å². The minimum absolute atomic E-state index is 0.149. The molecule has 0 unspecified atom stereocenters. The van der Waals surface area contributed by atoms with E-state index in [-0.39, 0.29) is 6.04 Å². The lowest BCUT2D eigenvalue weighted by molar-refractivity contribution is 0.560. The Bertz CT molecular complexity index is 649. The van der Waals surface area contributed by atoms with E-state index >= 15 is 0 Å². The molecule has 0 aromatic heterocycles. The predicted molar refractivity (Wildman–Crippen MR) is 81.1 cm³/mol. The first-order valence-electron chi connectivity index (χ1n) is 6.60. The van der Waals surface area contributed by atoms with Gasteiger partial charge in [0.15, 0.2) is 0 Å². The number of rotatable bonds is 5. The third kappa shape index (κ3) is 3.92. The summed E-state index contributed by atoms with van der Waals surface area (Å²) in [5.41, 5.74) is 2.16. The lowest BCUT2D eigenvalue weighted by Gasteiger charge is -2.14. The van der Waals surface area contributed by atoms with Gasteiger partial charge in [-0.15, -0.1) is 0 Å². The molecule has 0 fully saturated rings. The van der Waals surface area contributed by atoms with Crippen LogP contribution in [0.3, 0.4) is 0 Å². The van der Waals surface area contributed by atoms with Gasteiger partial charge in [0, 0.05) is 6.04 Å². The monoisotopic (exact) mass is 289 g/mol. The predicted octanol–water partition coefficient (Wildman–Crippen LogP) is 2.90. The molecule has 0 aliphatic heterocycles. The first-order chi connectivity index (χ1) is 9.47. The number of hydrogen-bond donors (Lipinski definition) is 1. The van der Waals surface area contributed by atoms with E-state index < -0.39 is 10.0 Å². The van der Waals surface area contributed by atoms with E-state index in [0.717, 1.165) is 11.1 Å². The average molecular weight is 289 g/mol. The molecule has 4 heteroatoms. The fraction of sp³-hybridized carbons (Fsp3) is 0.250. The maximum absolute atomic E-state index is 12.2. The van der Waals surface area contributed by atoms with Crippen LogP contribution >= 0.6 is 0 Å². The van der Waals surface area contributed by atoms with Crippen LogP contribution in [-0.4, -0.2) is 14.5 Å². The zero-order valence-electron chi connectivity index (χ0n) is 11.7. The van der Waals surface area contributed by atoms with Crippen molar-refractivity contribution >= 4 is 10.0 Å². The van der Waals surface area contributed by atoms with E-state index in [4.69, 9.17) is 0 Å². The topological polar surface area (TPSA) is 46.2 Å². The summed E-state index contributed by atoms with van der Waals surface area (Å²) in [5.74, 6) is 0. The van der Waals surface area contributed by atoms with Gasteiger partial charge in [0.1, 0.15) is 0 Å². The maximum Gasteiger partial charge on any atom is 0.240 e. The molecule has 0 amide bonds. The molecule has 0 saturated heterocycles. The summed E-state index contributed by atoms with van der Waals surface area (Å²) in [6.07, 6.45) is 0.673. The van der Waals surface area contributed by atoms with Crippen molar-refractivity contribution in [3.63, 3.8) is 0 Å². The van der Waals surface area contributed by atoms with Crippen LogP contribution in [-0.2, 0) is 16.4 Å². The van der Waals surface area contributed by atoms with Gasteiger partial charge in [-0.2, -0.15) is 0 Å². The Morgan fingerprint density at radius 2 is 1.60 bits per heavy atom. The zero-order chi connectivity index (χ0) is 14.6. The molecular formula is C16H19NO2S. The molecule has 1 N–H and O–H groups in total. The molecule has 106 valence electrons. The van der Waals surface area contributed by atoms with Crippen LogP contribution in [0.25, 0.3) is 0 Å². The first kappa shape index (κ1) is 14.8. The second-order valence-corrected chi connectivity index (χ2v) is 6.74. The largest absolute Gasteiger partial charge is 0.240 e. The number of sulfonamides is 1. The molecule has 2 aromatic rings. The lowest BCUT2D eigenvalue weighted by Crippen LogP contribution is -2.34. The second kappa shape index (κ2) is 6.20. The number of benzene rings is 2. The molecule has 2 aromatic carbocycles. The number of aryl methyl sites for hydroxylation is 1. The quantitative estimate of drug-likeness (QED) is 0.920. The normalized spacial score (nSPS) is 13.1. The highest BCUT2D eigenvalue weighted by atomic mass is 32.2. The van der Waals surface area contributed by atoms with Gasteiger partial charge in [0.2, 0.25) is 10.0 Å². The molecule has 20 heavy (non-hydrogen) atoms. The third-order valence-electron chi connectivity index (χ3n) is 3.07. The van der Waals surface area contributed by atoms with Gasteiger partial charge in [-0.1, -0.05) is 48.0 Å². The Labute approximate surface area is 120 Å². The molecule has 1 atom stereocenters. The summed E-state index contributed by atoms with van der Waals surface area (Å²) >= 11 is 0. The van der Waals surface area contributed by atoms with Crippen molar-refractivity contribution in [2.24, 2.45) is 0 Å². The van der Waals surface area contributed by atoms with Crippen LogP contribution in [0, 0.1) is 6.92 Å². The Kier molecular flexibility index (Phi) is 4.57. The molecule has 0 spiro atoms. The summed E-state index contributed by atoms with van der Waals surface area (Å²) in [6, 6.07) is 16.6. The van der Waals surface area contributed by atoms with Gasteiger partial charge in [-0.05, 0) is 38.0 Å². The first-order valence-corrected chi connectivity index (χ1v) is 8.08. The average Bonchev–Trinajstić information content (AvgIpc) is 2.39. The fourth-order valence-corrected chi connectivity index (χ4v) is 3.30. The second-order valence-electron chi connectivity index (χ2n) is 5.03. The van der Waals surface area contributed by atoms with Crippen molar-refractivity contribution in [3.8, 4) is 0 Å². The van der Waals surface area contributed by atoms with Gasteiger partial charge in [-0.25, -0.2) is 13.1 Å². The van der Waals surface area contributed by atoms with E-state index in [9.17, 15) is 8.42 Å². The van der Waals surface area contributed by atoms with Crippen molar-refractivity contribution in [2.45, 2.75) is 31.2 Å². The lowest BCUT2D eigenvalue weighted by atomic mass is 10.1. The third-order valence-corrected chi connectivity index (χ3v) is 4.68. The summed E-state index contributed by atoms with van der Waals surface area (Å²) in [6.45, 7) is 3.81. The molecule has 0 bridgehead atoms. The SMILES string of the molecule is Cc1ccc(S(=O)(=O)N[C@H](C)Cc2ccccc2)cc1.